The first-order valence-corrected chi connectivity index (χ1v) is 7.35. The van der Waals surface area contributed by atoms with Gasteiger partial charge in [0.05, 0.1) is 17.3 Å². The maximum atomic E-state index is 12.8. The average Bonchev–Trinajstić information content (AvgIpc) is 2.87. The second-order valence-corrected chi connectivity index (χ2v) is 5.62. The summed E-state index contributed by atoms with van der Waals surface area (Å²) in [6.07, 6.45) is 0. The molecule has 2 unspecified atom stereocenters. The minimum atomic E-state index is -1.03. The fourth-order valence-electron chi connectivity index (χ4n) is 3.13. The van der Waals surface area contributed by atoms with Gasteiger partial charge in [-0.15, -0.1) is 0 Å². The molecule has 4 N–H and O–H groups in total. The van der Waals surface area contributed by atoms with E-state index >= 15 is 0 Å². The van der Waals surface area contributed by atoms with Gasteiger partial charge in [-0.1, -0.05) is 36.4 Å². The molecule has 1 aliphatic carbocycles. The third-order valence-corrected chi connectivity index (χ3v) is 4.25. The van der Waals surface area contributed by atoms with Crippen LogP contribution in [0.3, 0.4) is 0 Å². The second kappa shape index (κ2) is 5.27. The van der Waals surface area contributed by atoms with Gasteiger partial charge in [0, 0.05) is 23.3 Å². The number of rotatable bonds is 2. The Hall–Kier alpha value is -3.00. The lowest BCUT2D eigenvalue weighted by atomic mass is 9.94. The van der Waals surface area contributed by atoms with Gasteiger partial charge in [-0.3, -0.25) is 4.79 Å². The van der Waals surface area contributed by atoms with E-state index in [1.807, 2.05) is 6.07 Å². The van der Waals surface area contributed by atoms with Crippen molar-refractivity contribution in [2.45, 2.75) is 6.04 Å². The van der Waals surface area contributed by atoms with Gasteiger partial charge in [0.2, 0.25) is 0 Å². The quantitative estimate of drug-likeness (QED) is 0.620. The molecule has 24 heavy (non-hydrogen) atoms. The predicted octanol–water partition coefficient (Wildman–Crippen LogP) is 1.05. The zero-order valence-corrected chi connectivity index (χ0v) is 12.4. The van der Waals surface area contributed by atoms with Crippen LogP contribution in [0.4, 0.5) is 10.5 Å². The average molecular weight is 323 g/mol. The van der Waals surface area contributed by atoms with Crippen LogP contribution < -0.4 is 15.9 Å². The van der Waals surface area contributed by atoms with Crippen molar-refractivity contribution in [3.63, 3.8) is 0 Å². The molecule has 0 bridgehead atoms. The minimum absolute atomic E-state index is 0.139. The normalized spacial score (nSPS) is 20.2. The summed E-state index contributed by atoms with van der Waals surface area (Å²) in [7, 11) is 0. The summed E-state index contributed by atoms with van der Waals surface area (Å²) in [6, 6.07) is 12.2. The highest BCUT2D eigenvalue weighted by atomic mass is 16.8. The zero-order valence-electron chi connectivity index (χ0n) is 12.4. The van der Waals surface area contributed by atoms with Crippen molar-refractivity contribution in [1.82, 2.24) is 10.6 Å². The van der Waals surface area contributed by atoms with Gasteiger partial charge in [0.15, 0.2) is 11.5 Å². The summed E-state index contributed by atoms with van der Waals surface area (Å²) in [5, 5.41) is 24.4. The summed E-state index contributed by atoms with van der Waals surface area (Å²) in [5.41, 5.74) is 3.06. The van der Waals surface area contributed by atoms with E-state index < -0.39 is 17.3 Å². The maximum absolute atomic E-state index is 12.8. The molecule has 2 aliphatic rings. The molecule has 2 aromatic carbocycles. The summed E-state index contributed by atoms with van der Waals surface area (Å²) >= 11 is 0. The van der Waals surface area contributed by atoms with Crippen LogP contribution in [0, 0.1) is 5.21 Å². The number of carbonyl (C=O) groups is 2. The number of ketones is 1. The molecule has 1 heterocycles. The van der Waals surface area contributed by atoms with Crippen molar-refractivity contribution < 1.29 is 20.0 Å². The third-order valence-electron chi connectivity index (χ3n) is 4.25. The standard InChI is InChI=1S/C17H13N3O4/c21-16-12-4-2-1-3-11(12)15-13(16)14(18-17(22)19-15)9-5-7-10(8-6-9)20(23)24/h1-8,14,20,23H,(H2,18,19,22). The van der Waals surface area contributed by atoms with Gasteiger partial charge in [0.25, 0.3) is 0 Å². The first kappa shape index (κ1) is 14.6. The Morgan fingerprint density at radius 3 is 2.33 bits per heavy atom. The van der Waals surface area contributed by atoms with Gasteiger partial charge in [0.1, 0.15) is 0 Å². The van der Waals surface area contributed by atoms with Gasteiger partial charge in [-0.05, 0) is 5.56 Å². The van der Waals surface area contributed by atoms with Gasteiger partial charge >= 0.3 is 6.03 Å². The van der Waals surface area contributed by atoms with Crippen LogP contribution in [0.1, 0.15) is 27.5 Å². The minimum Gasteiger partial charge on any atom is -0.595 e. The van der Waals surface area contributed by atoms with Crippen molar-refractivity contribution in [2.75, 3.05) is 0 Å². The van der Waals surface area contributed by atoms with Crippen LogP contribution in [0.5, 0.6) is 0 Å². The van der Waals surface area contributed by atoms with Crippen LogP contribution in [-0.2, 0) is 0 Å². The largest absolute Gasteiger partial charge is 0.595 e. The topological polar surface area (TPSA) is 106 Å². The number of carbonyl (C=O) groups excluding carboxylic acids is 2. The number of nitrogens with one attached hydrogen (secondary N) is 3. The second-order valence-electron chi connectivity index (χ2n) is 5.62. The van der Waals surface area contributed by atoms with Crippen molar-refractivity contribution in [1.29, 1.82) is 0 Å². The Morgan fingerprint density at radius 1 is 1.00 bits per heavy atom. The predicted molar refractivity (Wildman–Crippen MR) is 84.3 cm³/mol. The van der Waals surface area contributed by atoms with E-state index in [4.69, 9.17) is 5.21 Å². The zero-order chi connectivity index (χ0) is 16.8. The molecule has 2 amide bonds. The van der Waals surface area contributed by atoms with E-state index in [0.29, 0.717) is 28.0 Å². The molecule has 0 saturated carbocycles. The fourth-order valence-corrected chi connectivity index (χ4v) is 3.13. The molecule has 2 atom stereocenters. The Morgan fingerprint density at radius 2 is 1.67 bits per heavy atom. The monoisotopic (exact) mass is 323 g/mol. The molecule has 2 aromatic rings. The molecule has 1 aliphatic heterocycles. The van der Waals surface area contributed by atoms with Gasteiger partial charge < -0.3 is 15.8 Å². The SMILES string of the molecule is O=C1NC2=C(C(=O)c3ccccc32)C(c2ccc([NH+]([O-])O)cc2)N1. The number of fused-ring (bicyclic) bond motifs is 2. The summed E-state index contributed by atoms with van der Waals surface area (Å²) in [4.78, 5) is 24.8. The summed E-state index contributed by atoms with van der Waals surface area (Å²) in [6.45, 7) is 0. The Kier molecular flexibility index (Phi) is 3.20. The molecule has 120 valence electrons. The van der Waals surface area contributed by atoms with Crippen molar-refractivity contribution in [2.24, 2.45) is 0 Å². The van der Waals surface area contributed by atoms with Crippen LogP contribution in [0.2, 0.25) is 0 Å². The van der Waals surface area contributed by atoms with Crippen LogP contribution in [0.15, 0.2) is 54.1 Å². The number of quaternary nitrogens is 1. The van der Waals surface area contributed by atoms with E-state index in [9.17, 15) is 14.8 Å². The lowest BCUT2D eigenvalue weighted by Gasteiger charge is -2.26. The van der Waals surface area contributed by atoms with Gasteiger partial charge in [-0.25, -0.2) is 10.0 Å². The third kappa shape index (κ3) is 2.11. The highest BCUT2D eigenvalue weighted by Crippen LogP contribution is 2.39. The Bertz CT molecular complexity index is 887. The molecular weight excluding hydrogens is 310 g/mol. The van der Waals surface area contributed by atoms with Crippen LogP contribution in [0.25, 0.3) is 5.70 Å². The number of urea groups is 1. The number of Topliss-reactive ketones (excluding diaryl/α,β-unsaturated/α-hetero) is 1. The molecule has 4 rings (SSSR count). The molecule has 0 spiro atoms. The lowest BCUT2D eigenvalue weighted by Crippen LogP contribution is -2.99. The van der Waals surface area contributed by atoms with E-state index in [-0.39, 0.29) is 11.5 Å². The first-order valence-electron chi connectivity index (χ1n) is 7.35. The van der Waals surface area contributed by atoms with Crippen LogP contribution >= 0.6 is 0 Å². The van der Waals surface area contributed by atoms with Crippen molar-refractivity contribution in [3.05, 3.63) is 76.0 Å². The van der Waals surface area contributed by atoms with Gasteiger partial charge in [-0.2, -0.15) is 5.23 Å². The lowest BCUT2D eigenvalue weighted by molar-refractivity contribution is -0.991. The molecule has 0 fully saturated rings. The van der Waals surface area contributed by atoms with Crippen LogP contribution in [-0.4, -0.2) is 17.0 Å². The Labute approximate surface area is 136 Å². The summed E-state index contributed by atoms with van der Waals surface area (Å²) < 4.78 is 0. The molecule has 0 saturated heterocycles. The number of hydrogen-bond donors (Lipinski definition) is 4. The number of amides is 2. The van der Waals surface area contributed by atoms with E-state index in [1.54, 1.807) is 30.3 Å². The molecule has 7 nitrogen and oxygen atoms in total. The van der Waals surface area contributed by atoms with E-state index in [0.717, 1.165) is 0 Å². The van der Waals surface area contributed by atoms with Crippen molar-refractivity contribution in [3.8, 4) is 0 Å². The van der Waals surface area contributed by atoms with Crippen molar-refractivity contribution >= 4 is 23.2 Å². The first-order chi connectivity index (χ1) is 11.6. The molecule has 0 aromatic heterocycles. The maximum Gasteiger partial charge on any atom is 0.320 e. The molecular formula is C17H13N3O4. The highest BCUT2D eigenvalue weighted by Gasteiger charge is 2.39. The molecule has 0 radical (unpaired) electrons. The summed E-state index contributed by atoms with van der Waals surface area (Å²) in [5.74, 6) is -0.139. The highest BCUT2D eigenvalue weighted by molar-refractivity contribution is 6.23. The number of benzene rings is 2. The van der Waals surface area contributed by atoms with E-state index in [1.165, 1.54) is 12.1 Å². The fraction of sp³-hybridized carbons (Fsp3) is 0.0588. The number of hydrogen-bond acceptors (Lipinski definition) is 4. The Balaban J connectivity index is 1.81. The smallest absolute Gasteiger partial charge is 0.320 e. The molecule has 7 heteroatoms. The van der Waals surface area contributed by atoms with E-state index in [2.05, 4.69) is 10.6 Å².